The third kappa shape index (κ3) is 2.73. The first kappa shape index (κ1) is 13.6. The number of carbonyl (C=O) groups is 1. The van der Waals surface area contributed by atoms with Crippen molar-refractivity contribution in [3.63, 3.8) is 0 Å². The fraction of sp³-hybridized carbons (Fsp3) is 0.588. The summed E-state index contributed by atoms with van der Waals surface area (Å²) in [6.07, 6.45) is 4.34. The van der Waals surface area contributed by atoms with Crippen LogP contribution >= 0.6 is 0 Å². The number of hydrogen-bond acceptors (Lipinski definition) is 2. The van der Waals surface area contributed by atoms with Gasteiger partial charge in [-0.2, -0.15) is 0 Å². The number of anilines is 1. The van der Waals surface area contributed by atoms with Crippen LogP contribution < -0.4 is 4.90 Å². The molecule has 0 N–H and O–H groups in total. The van der Waals surface area contributed by atoms with E-state index in [9.17, 15) is 4.79 Å². The van der Waals surface area contributed by atoms with Gasteiger partial charge in [0.05, 0.1) is 0 Å². The lowest BCUT2D eigenvalue weighted by Crippen LogP contribution is -2.36. The third-order valence-corrected chi connectivity index (χ3v) is 4.87. The van der Waals surface area contributed by atoms with E-state index in [4.69, 9.17) is 0 Å². The van der Waals surface area contributed by atoms with Crippen LogP contribution in [-0.4, -0.2) is 37.0 Å². The van der Waals surface area contributed by atoms with Crippen LogP contribution in [0.3, 0.4) is 0 Å². The first-order valence-electron chi connectivity index (χ1n) is 7.75. The molecule has 0 saturated heterocycles. The van der Waals surface area contributed by atoms with E-state index in [0.29, 0.717) is 12.5 Å². The summed E-state index contributed by atoms with van der Waals surface area (Å²) in [5.41, 5.74) is 2.43. The number of benzene rings is 1. The predicted molar refractivity (Wildman–Crippen MR) is 81.9 cm³/mol. The molecule has 1 heterocycles. The molecular formula is C17H24N2O. The molecule has 1 aromatic carbocycles. The second-order valence-electron chi connectivity index (χ2n) is 6.23. The van der Waals surface area contributed by atoms with E-state index in [1.54, 1.807) is 0 Å². The highest BCUT2D eigenvalue weighted by Crippen LogP contribution is 2.34. The van der Waals surface area contributed by atoms with E-state index in [0.717, 1.165) is 31.1 Å². The molecule has 0 radical (unpaired) electrons. The van der Waals surface area contributed by atoms with E-state index in [1.807, 2.05) is 11.0 Å². The zero-order valence-electron chi connectivity index (χ0n) is 12.5. The van der Waals surface area contributed by atoms with Gasteiger partial charge in [0.2, 0.25) is 5.91 Å². The maximum Gasteiger partial charge on any atom is 0.228 e. The van der Waals surface area contributed by atoms with Crippen molar-refractivity contribution < 1.29 is 4.79 Å². The molecule has 1 fully saturated rings. The predicted octanol–water partition coefficient (Wildman–Crippen LogP) is 2.70. The van der Waals surface area contributed by atoms with E-state index in [1.165, 1.54) is 18.4 Å². The summed E-state index contributed by atoms with van der Waals surface area (Å²) >= 11 is 0. The van der Waals surface area contributed by atoms with Gasteiger partial charge in [0.1, 0.15) is 0 Å². The molecule has 1 amide bonds. The van der Waals surface area contributed by atoms with Gasteiger partial charge in [0.25, 0.3) is 0 Å². The minimum absolute atomic E-state index is 0.268. The molecule has 108 valence electrons. The number of para-hydroxylation sites is 1. The number of rotatable bonds is 5. The Morgan fingerprint density at radius 2 is 2.15 bits per heavy atom. The van der Waals surface area contributed by atoms with Crippen LogP contribution in [0.15, 0.2) is 24.3 Å². The normalized spacial score (nSPS) is 19.2. The number of amides is 1. The minimum Gasteiger partial charge on any atom is -0.312 e. The molecule has 1 aromatic rings. The molecule has 20 heavy (non-hydrogen) atoms. The zero-order valence-corrected chi connectivity index (χ0v) is 12.5. The summed E-state index contributed by atoms with van der Waals surface area (Å²) in [6.45, 7) is 4.00. The Kier molecular flexibility index (Phi) is 3.79. The Morgan fingerprint density at radius 3 is 2.90 bits per heavy atom. The maximum absolute atomic E-state index is 12.4. The second-order valence-corrected chi connectivity index (χ2v) is 6.23. The lowest BCUT2D eigenvalue weighted by Gasteiger charge is -2.25. The Morgan fingerprint density at radius 1 is 1.40 bits per heavy atom. The fourth-order valence-electron chi connectivity index (χ4n) is 3.15. The lowest BCUT2D eigenvalue weighted by molar-refractivity contribution is -0.118. The smallest absolute Gasteiger partial charge is 0.228 e. The quantitative estimate of drug-likeness (QED) is 0.823. The van der Waals surface area contributed by atoms with Crippen molar-refractivity contribution in [1.29, 1.82) is 0 Å². The van der Waals surface area contributed by atoms with Crippen molar-refractivity contribution in [3.8, 4) is 0 Å². The van der Waals surface area contributed by atoms with E-state index in [-0.39, 0.29) is 5.91 Å². The molecule has 1 unspecified atom stereocenters. The van der Waals surface area contributed by atoms with Crippen molar-refractivity contribution in [2.45, 2.75) is 38.6 Å². The zero-order chi connectivity index (χ0) is 14.1. The standard InChI is InChI=1S/C17H24N2O/c1-13(14-7-8-14)18(2)11-10-17(20)19-12-9-15-5-3-4-6-16(15)19/h3-6,13-14H,7-12H2,1-2H3. The molecule has 3 heteroatoms. The first-order chi connectivity index (χ1) is 9.66. The minimum atomic E-state index is 0.268. The Labute approximate surface area is 121 Å². The van der Waals surface area contributed by atoms with Gasteiger partial charge in [-0.05, 0) is 50.8 Å². The number of nitrogens with zero attached hydrogens (tertiary/aromatic N) is 2. The topological polar surface area (TPSA) is 23.6 Å². The van der Waals surface area contributed by atoms with Gasteiger partial charge in [0.15, 0.2) is 0 Å². The molecule has 3 nitrogen and oxygen atoms in total. The van der Waals surface area contributed by atoms with Crippen LogP contribution in [0.1, 0.15) is 31.7 Å². The van der Waals surface area contributed by atoms with Gasteiger partial charge in [-0.3, -0.25) is 4.79 Å². The molecule has 3 rings (SSSR count). The van der Waals surface area contributed by atoms with Crippen LogP contribution in [0.5, 0.6) is 0 Å². The highest BCUT2D eigenvalue weighted by molar-refractivity contribution is 5.95. The van der Waals surface area contributed by atoms with Crippen LogP contribution in [0.4, 0.5) is 5.69 Å². The fourth-order valence-corrected chi connectivity index (χ4v) is 3.15. The molecule has 2 aliphatic rings. The molecular weight excluding hydrogens is 248 g/mol. The van der Waals surface area contributed by atoms with Gasteiger partial charge < -0.3 is 9.80 Å². The van der Waals surface area contributed by atoms with Crippen LogP contribution in [0.2, 0.25) is 0 Å². The van der Waals surface area contributed by atoms with Crippen LogP contribution in [-0.2, 0) is 11.2 Å². The number of fused-ring (bicyclic) bond motifs is 1. The lowest BCUT2D eigenvalue weighted by atomic mass is 10.1. The Bertz CT molecular complexity index is 496. The van der Waals surface area contributed by atoms with Crippen molar-refractivity contribution in [2.24, 2.45) is 5.92 Å². The molecule has 1 saturated carbocycles. The van der Waals surface area contributed by atoms with Gasteiger partial charge in [0, 0.05) is 31.2 Å². The van der Waals surface area contributed by atoms with E-state index in [2.05, 4.69) is 37.1 Å². The molecule has 0 aromatic heterocycles. The molecule has 1 aliphatic heterocycles. The van der Waals surface area contributed by atoms with Gasteiger partial charge >= 0.3 is 0 Å². The average Bonchev–Trinajstić information content (AvgIpc) is 3.23. The monoisotopic (exact) mass is 272 g/mol. The van der Waals surface area contributed by atoms with Crippen molar-refractivity contribution in [3.05, 3.63) is 29.8 Å². The largest absolute Gasteiger partial charge is 0.312 e. The molecule has 1 aliphatic carbocycles. The van der Waals surface area contributed by atoms with E-state index < -0.39 is 0 Å². The molecule has 1 atom stereocenters. The van der Waals surface area contributed by atoms with Crippen molar-refractivity contribution in [1.82, 2.24) is 4.90 Å². The molecule has 0 bridgehead atoms. The van der Waals surface area contributed by atoms with Crippen LogP contribution in [0.25, 0.3) is 0 Å². The second kappa shape index (κ2) is 5.57. The highest BCUT2D eigenvalue weighted by Gasteiger charge is 2.31. The van der Waals surface area contributed by atoms with E-state index >= 15 is 0 Å². The highest BCUT2D eigenvalue weighted by atomic mass is 16.2. The van der Waals surface area contributed by atoms with Gasteiger partial charge in [-0.15, -0.1) is 0 Å². The molecule has 0 spiro atoms. The Balaban J connectivity index is 1.55. The Hall–Kier alpha value is -1.35. The summed E-state index contributed by atoms with van der Waals surface area (Å²) in [5, 5.41) is 0. The third-order valence-electron chi connectivity index (χ3n) is 4.87. The summed E-state index contributed by atoms with van der Waals surface area (Å²) in [5.74, 6) is 1.13. The summed E-state index contributed by atoms with van der Waals surface area (Å²) in [4.78, 5) is 16.7. The summed E-state index contributed by atoms with van der Waals surface area (Å²) in [7, 11) is 2.15. The summed E-state index contributed by atoms with van der Waals surface area (Å²) in [6, 6.07) is 8.89. The van der Waals surface area contributed by atoms with Crippen LogP contribution in [0, 0.1) is 5.92 Å². The van der Waals surface area contributed by atoms with Crippen molar-refractivity contribution >= 4 is 11.6 Å². The first-order valence-corrected chi connectivity index (χ1v) is 7.75. The number of carbonyl (C=O) groups excluding carboxylic acids is 1. The summed E-state index contributed by atoms with van der Waals surface area (Å²) < 4.78 is 0. The van der Waals surface area contributed by atoms with Gasteiger partial charge in [-0.1, -0.05) is 18.2 Å². The van der Waals surface area contributed by atoms with Crippen molar-refractivity contribution in [2.75, 3.05) is 25.0 Å². The maximum atomic E-state index is 12.4. The SMILES string of the molecule is CC(C1CC1)N(C)CCC(=O)N1CCc2ccccc21. The number of hydrogen-bond donors (Lipinski definition) is 0. The van der Waals surface area contributed by atoms with Gasteiger partial charge in [-0.25, -0.2) is 0 Å². The average molecular weight is 272 g/mol.